The second kappa shape index (κ2) is 5.59. The Morgan fingerprint density at radius 1 is 0.941 bits per heavy atom. The molecule has 17 heavy (non-hydrogen) atoms. The van der Waals surface area contributed by atoms with Crippen LogP contribution >= 0.6 is 31.9 Å². The molecule has 1 aromatic carbocycles. The quantitative estimate of drug-likeness (QED) is 0.807. The molecule has 0 N–H and O–H groups in total. The fourth-order valence-corrected chi connectivity index (χ4v) is 3.03. The molecule has 1 aromatic rings. The molecule has 0 spiro atoms. The van der Waals surface area contributed by atoms with E-state index < -0.39 is 5.97 Å². The number of halogens is 2. The maximum atomic E-state index is 11.1. The average Bonchev–Trinajstić information content (AvgIpc) is 2.27. The zero-order valence-corrected chi connectivity index (χ0v) is 12.5. The Kier molecular flexibility index (Phi) is 4.64. The lowest BCUT2D eigenvalue weighted by Gasteiger charge is -2.19. The highest BCUT2D eigenvalue weighted by Crippen LogP contribution is 2.49. The summed E-state index contributed by atoms with van der Waals surface area (Å²) in [6, 6.07) is 0. The number of carboxylic acid groups (broad SMARTS) is 1. The number of aromatic carboxylic acids is 1. The van der Waals surface area contributed by atoms with Crippen molar-refractivity contribution in [1.82, 2.24) is 0 Å². The third-order valence-electron chi connectivity index (χ3n) is 2.07. The van der Waals surface area contributed by atoms with Crippen LogP contribution < -0.4 is 19.3 Å². The molecule has 0 atom stereocenters. The van der Waals surface area contributed by atoms with Crippen molar-refractivity contribution in [2.75, 3.05) is 21.3 Å². The predicted octanol–water partition coefficient (Wildman–Crippen LogP) is 1.60. The number of hydrogen-bond donors (Lipinski definition) is 0. The summed E-state index contributed by atoms with van der Waals surface area (Å²) in [5.41, 5.74) is -0.0977. The van der Waals surface area contributed by atoms with E-state index in [-0.39, 0.29) is 26.0 Å². The van der Waals surface area contributed by atoms with Crippen LogP contribution in [0.2, 0.25) is 0 Å². The number of methoxy groups -OCH3 is 3. The van der Waals surface area contributed by atoms with E-state index in [9.17, 15) is 9.90 Å². The summed E-state index contributed by atoms with van der Waals surface area (Å²) in [5, 5.41) is 11.1. The van der Waals surface area contributed by atoms with E-state index >= 15 is 0 Å². The molecule has 0 fully saturated rings. The minimum absolute atomic E-state index is 0.0977. The first kappa shape index (κ1) is 14.1. The fraction of sp³-hybridized carbons (Fsp3) is 0.300. The predicted molar refractivity (Wildman–Crippen MR) is 65.8 cm³/mol. The Morgan fingerprint density at radius 3 is 1.53 bits per heavy atom. The van der Waals surface area contributed by atoms with Gasteiger partial charge in [-0.3, -0.25) is 0 Å². The lowest BCUT2D eigenvalue weighted by Crippen LogP contribution is -2.23. The summed E-state index contributed by atoms with van der Waals surface area (Å²) < 4.78 is 15.8. The highest BCUT2D eigenvalue weighted by molar-refractivity contribution is 9.11. The van der Waals surface area contributed by atoms with Gasteiger partial charge in [-0.15, -0.1) is 0 Å². The van der Waals surface area contributed by atoms with E-state index in [4.69, 9.17) is 14.2 Å². The van der Waals surface area contributed by atoms with Gasteiger partial charge < -0.3 is 24.1 Å². The van der Waals surface area contributed by atoms with Gasteiger partial charge in [0.2, 0.25) is 5.75 Å². The van der Waals surface area contributed by atoms with Crippen LogP contribution in [0.1, 0.15) is 10.4 Å². The van der Waals surface area contributed by atoms with Crippen molar-refractivity contribution in [3.63, 3.8) is 0 Å². The highest BCUT2D eigenvalue weighted by atomic mass is 79.9. The summed E-state index contributed by atoms with van der Waals surface area (Å²) in [7, 11) is 4.22. The summed E-state index contributed by atoms with van der Waals surface area (Å²) >= 11 is 6.27. The topological polar surface area (TPSA) is 67.8 Å². The third kappa shape index (κ3) is 2.35. The first-order valence-electron chi connectivity index (χ1n) is 4.37. The number of rotatable bonds is 4. The van der Waals surface area contributed by atoms with Gasteiger partial charge >= 0.3 is 0 Å². The zero-order valence-electron chi connectivity index (χ0n) is 9.30. The van der Waals surface area contributed by atoms with Crippen LogP contribution in [-0.2, 0) is 0 Å². The van der Waals surface area contributed by atoms with Crippen molar-refractivity contribution in [1.29, 1.82) is 0 Å². The summed E-state index contributed by atoms with van der Waals surface area (Å²) in [4.78, 5) is 11.1. The van der Waals surface area contributed by atoms with Crippen molar-refractivity contribution in [2.45, 2.75) is 0 Å². The van der Waals surface area contributed by atoms with Gasteiger partial charge in [0.15, 0.2) is 11.5 Å². The summed E-state index contributed by atoms with van der Waals surface area (Å²) in [5.74, 6) is -0.611. The highest BCUT2D eigenvalue weighted by Gasteiger charge is 2.24. The molecule has 0 saturated carbocycles. The van der Waals surface area contributed by atoms with Crippen LogP contribution in [0.4, 0.5) is 0 Å². The number of ether oxygens (including phenoxy) is 3. The van der Waals surface area contributed by atoms with E-state index in [1.165, 1.54) is 21.3 Å². The molecule has 0 unspecified atom stereocenters. The smallest absolute Gasteiger partial charge is 0.205 e. The SMILES string of the molecule is COc1c(Br)c(C(=O)[O-])c(Br)c(OC)c1OC. The molecule has 0 amide bonds. The van der Waals surface area contributed by atoms with E-state index in [2.05, 4.69) is 31.9 Å². The Hall–Kier alpha value is -0.950. The number of benzene rings is 1. The van der Waals surface area contributed by atoms with Crippen molar-refractivity contribution in [3.8, 4) is 17.2 Å². The van der Waals surface area contributed by atoms with Crippen LogP contribution in [0.5, 0.6) is 17.2 Å². The van der Waals surface area contributed by atoms with Gasteiger partial charge in [0.25, 0.3) is 0 Å². The van der Waals surface area contributed by atoms with Crippen molar-refractivity contribution >= 4 is 37.8 Å². The number of carboxylic acids is 1. The molecule has 7 heteroatoms. The van der Waals surface area contributed by atoms with Crippen LogP contribution in [0.25, 0.3) is 0 Å². The monoisotopic (exact) mass is 367 g/mol. The molecular formula is C10H9Br2O5-. The van der Waals surface area contributed by atoms with E-state index in [0.717, 1.165) is 0 Å². The van der Waals surface area contributed by atoms with Gasteiger partial charge in [0, 0.05) is 5.56 Å². The standard InChI is InChI=1S/C10H10Br2O5/c1-15-7-5(11)4(10(13)14)6(12)8(16-2)9(7)17-3/h1-3H3,(H,13,14)/p-1. The van der Waals surface area contributed by atoms with Crippen molar-refractivity contribution < 1.29 is 24.1 Å². The van der Waals surface area contributed by atoms with E-state index in [1.807, 2.05) is 0 Å². The largest absolute Gasteiger partial charge is 0.545 e. The maximum Gasteiger partial charge on any atom is 0.205 e. The van der Waals surface area contributed by atoms with Crippen LogP contribution in [0.3, 0.4) is 0 Å². The van der Waals surface area contributed by atoms with E-state index in [0.29, 0.717) is 5.75 Å². The first-order valence-corrected chi connectivity index (χ1v) is 5.96. The molecule has 5 nitrogen and oxygen atoms in total. The molecule has 1 rings (SSSR count). The van der Waals surface area contributed by atoms with Gasteiger partial charge in [-0.05, 0) is 31.9 Å². The second-order valence-corrected chi connectivity index (χ2v) is 4.48. The maximum absolute atomic E-state index is 11.1. The zero-order chi connectivity index (χ0) is 13.2. The summed E-state index contributed by atoms with van der Waals surface area (Å²) in [6.07, 6.45) is 0. The molecule has 0 heterocycles. The number of carbonyl (C=O) groups excluding carboxylic acids is 1. The van der Waals surface area contributed by atoms with Gasteiger partial charge in [0.1, 0.15) is 0 Å². The Morgan fingerprint density at radius 2 is 1.29 bits per heavy atom. The Bertz CT molecular complexity index is 427. The van der Waals surface area contributed by atoms with Crippen LogP contribution in [0, 0.1) is 0 Å². The first-order chi connectivity index (χ1) is 7.99. The van der Waals surface area contributed by atoms with Gasteiger partial charge in [0.05, 0.1) is 36.2 Å². The number of carbonyl (C=O) groups is 1. The van der Waals surface area contributed by atoms with Gasteiger partial charge in [-0.25, -0.2) is 0 Å². The third-order valence-corrected chi connectivity index (χ3v) is 3.58. The molecule has 0 saturated heterocycles. The average molecular weight is 369 g/mol. The molecule has 94 valence electrons. The molecule has 0 aliphatic carbocycles. The molecule has 0 bridgehead atoms. The minimum atomic E-state index is -1.36. The summed E-state index contributed by atoms with van der Waals surface area (Å²) in [6.45, 7) is 0. The van der Waals surface area contributed by atoms with E-state index in [1.54, 1.807) is 0 Å². The van der Waals surface area contributed by atoms with Crippen molar-refractivity contribution in [2.24, 2.45) is 0 Å². The van der Waals surface area contributed by atoms with Crippen molar-refractivity contribution in [3.05, 3.63) is 14.5 Å². The molecule has 0 aliphatic heterocycles. The fourth-order valence-electron chi connectivity index (χ4n) is 1.36. The Balaban J connectivity index is 3.73. The Labute approximate surface area is 115 Å². The molecule has 0 aromatic heterocycles. The van der Waals surface area contributed by atoms with Crippen LogP contribution in [0.15, 0.2) is 8.95 Å². The van der Waals surface area contributed by atoms with Gasteiger partial charge in [-0.1, -0.05) is 0 Å². The number of hydrogen-bond acceptors (Lipinski definition) is 5. The minimum Gasteiger partial charge on any atom is -0.545 e. The molecule has 0 aliphatic rings. The normalized spacial score (nSPS) is 9.94. The lowest BCUT2D eigenvalue weighted by molar-refractivity contribution is -0.255. The second-order valence-electron chi connectivity index (χ2n) is 2.89. The molecule has 0 radical (unpaired) electrons. The van der Waals surface area contributed by atoms with Crippen LogP contribution in [-0.4, -0.2) is 27.3 Å². The lowest BCUT2D eigenvalue weighted by atomic mass is 10.2. The molecular weight excluding hydrogens is 360 g/mol. The van der Waals surface area contributed by atoms with Gasteiger partial charge in [-0.2, -0.15) is 0 Å².